The summed E-state index contributed by atoms with van der Waals surface area (Å²) in [5.74, 6) is -0.215. The molecule has 0 spiro atoms. The maximum Gasteiger partial charge on any atom is 0.306 e. The first kappa shape index (κ1) is 18.0. The first-order valence-corrected chi connectivity index (χ1v) is 8.43. The van der Waals surface area contributed by atoms with Gasteiger partial charge in [0.15, 0.2) is 0 Å². The predicted molar refractivity (Wildman–Crippen MR) is 91.8 cm³/mol. The molecule has 0 radical (unpaired) electrons. The molecule has 1 fully saturated rings. The van der Waals surface area contributed by atoms with Gasteiger partial charge in [0.05, 0.1) is 4.92 Å². The van der Waals surface area contributed by atoms with Crippen LogP contribution in [-0.4, -0.2) is 56.6 Å². The van der Waals surface area contributed by atoms with Crippen LogP contribution in [0.4, 0.5) is 10.1 Å². The maximum absolute atomic E-state index is 13.7. The summed E-state index contributed by atoms with van der Waals surface area (Å²) in [6, 6.07) is 6.71. The van der Waals surface area contributed by atoms with E-state index in [9.17, 15) is 19.3 Å². The Morgan fingerprint density at radius 3 is 2.62 bits per heavy atom. The fourth-order valence-electron chi connectivity index (χ4n) is 2.96. The van der Waals surface area contributed by atoms with Crippen molar-refractivity contribution >= 4 is 11.6 Å². The number of hydrogen-bond donors (Lipinski definition) is 0. The second kappa shape index (κ2) is 8.05. The van der Waals surface area contributed by atoms with Crippen molar-refractivity contribution in [2.75, 3.05) is 26.2 Å². The monoisotopic (exact) mass is 361 g/mol. The number of nitro groups is 1. The third kappa shape index (κ3) is 4.42. The van der Waals surface area contributed by atoms with Crippen molar-refractivity contribution in [1.29, 1.82) is 0 Å². The average Bonchev–Trinajstić information content (AvgIpc) is 3.12. The van der Waals surface area contributed by atoms with Gasteiger partial charge in [-0.3, -0.25) is 24.5 Å². The van der Waals surface area contributed by atoms with E-state index in [2.05, 4.69) is 10.00 Å². The standard InChI is InChI=1S/C17H20FN5O3/c18-16-4-2-1-3-14(16)12-20-7-9-21(10-8-20)17(24)5-6-22-13-15(11-19-22)23(25)26/h1-4,11,13H,5-10,12H2. The summed E-state index contributed by atoms with van der Waals surface area (Å²) in [6.45, 7) is 3.40. The SMILES string of the molecule is O=C(CCn1cc([N+](=O)[O-])cn1)N1CCN(Cc2ccccc2F)CC1. The Hall–Kier alpha value is -2.81. The second-order valence-corrected chi connectivity index (χ2v) is 6.22. The van der Waals surface area contributed by atoms with E-state index in [1.54, 1.807) is 17.0 Å². The van der Waals surface area contributed by atoms with E-state index in [1.807, 2.05) is 6.07 Å². The Kier molecular flexibility index (Phi) is 5.57. The number of aryl methyl sites for hydroxylation is 1. The number of rotatable bonds is 6. The summed E-state index contributed by atoms with van der Waals surface area (Å²) in [5.41, 5.74) is 0.576. The van der Waals surface area contributed by atoms with Crippen LogP contribution in [0.15, 0.2) is 36.7 Å². The highest BCUT2D eigenvalue weighted by atomic mass is 19.1. The van der Waals surface area contributed by atoms with Gasteiger partial charge < -0.3 is 4.90 Å². The van der Waals surface area contributed by atoms with Crippen LogP contribution in [0.2, 0.25) is 0 Å². The maximum atomic E-state index is 13.7. The van der Waals surface area contributed by atoms with E-state index >= 15 is 0 Å². The molecule has 2 heterocycles. The summed E-state index contributed by atoms with van der Waals surface area (Å²) in [7, 11) is 0. The van der Waals surface area contributed by atoms with Crippen molar-refractivity contribution in [3.05, 3.63) is 58.2 Å². The van der Waals surface area contributed by atoms with Crippen molar-refractivity contribution < 1.29 is 14.1 Å². The predicted octanol–water partition coefficient (Wildman–Crippen LogP) is 1.66. The number of halogens is 1. The summed E-state index contributed by atoms with van der Waals surface area (Å²) < 4.78 is 15.1. The normalized spacial score (nSPS) is 15.2. The number of aromatic nitrogens is 2. The van der Waals surface area contributed by atoms with Gasteiger partial charge in [-0.05, 0) is 6.07 Å². The summed E-state index contributed by atoms with van der Waals surface area (Å²) in [5, 5.41) is 14.5. The Morgan fingerprint density at radius 2 is 1.96 bits per heavy atom. The molecule has 0 atom stereocenters. The molecule has 1 aromatic heterocycles. The van der Waals surface area contributed by atoms with Crippen molar-refractivity contribution in [3.8, 4) is 0 Å². The van der Waals surface area contributed by atoms with Gasteiger partial charge in [-0.25, -0.2) is 4.39 Å². The molecule has 8 nitrogen and oxygen atoms in total. The van der Waals surface area contributed by atoms with Gasteiger partial charge in [0.2, 0.25) is 5.91 Å². The lowest BCUT2D eigenvalue weighted by atomic mass is 10.2. The van der Waals surface area contributed by atoms with Gasteiger partial charge in [0.1, 0.15) is 18.2 Å². The van der Waals surface area contributed by atoms with Gasteiger partial charge in [0, 0.05) is 51.3 Å². The third-order valence-corrected chi connectivity index (χ3v) is 4.46. The van der Waals surface area contributed by atoms with Crippen LogP contribution in [0.3, 0.4) is 0 Å². The fourth-order valence-corrected chi connectivity index (χ4v) is 2.96. The molecule has 1 aliphatic rings. The van der Waals surface area contributed by atoms with Crippen LogP contribution in [0.1, 0.15) is 12.0 Å². The highest BCUT2D eigenvalue weighted by Crippen LogP contribution is 2.13. The topological polar surface area (TPSA) is 84.5 Å². The highest BCUT2D eigenvalue weighted by molar-refractivity contribution is 5.76. The van der Waals surface area contributed by atoms with Gasteiger partial charge in [-0.2, -0.15) is 5.10 Å². The highest BCUT2D eigenvalue weighted by Gasteiger charge is 2.21. The van der Waals surface area contributed by atoms with E-state index in [-0.39, 0.29) is 23.8 Å². The number of nitrogens with zero attached hydrogens (tertiary/aromatic N) is 5. The molecule has 0 aliphatic carbocycles. The number of benzene rings is 1. The lowest BCUT2D eigenvalue weighted by Crippen LogP contribution is -2.48. The van der Waals surface area contributed by atoms with E-state index in [0.717, 1.165) is 0 Å². The van der Waals surface area contributed by atoms with Crippen LogP contribution in [0, 0.1) is 15.9 Å². The summed E-state index contributed by atoms with van der Waals surface area (Å²) >= 11 is 0. The van der Waals surface area contributed by atoms with Crippen LogP contribution in [-0.2, 0) is 17.9 Å². The van der Waals surface area contributed by atoms with Gasteiger partial charge in [0.25, 0.3) is 0 Å². The van der Waals surface area contributed by atoms with Crippen LogP contribution in [0.5, 0.6) is 0 Å². The number of carbonyl (C=O) groups is 1. The molecule has 1 aromatic carbocycles. The molecular weight excluding hydrogens is 341 g/mol. The third-order valence-electron chi connectivity index (χ3n) is 4.46. The average molecular weight is 361 g/mol. The Morgan fingerprint density at radius 1 is 1.23 bits per heavy atom. The Labute approximate surface area is 150 Å². The molecule has 138 valence electrons. The fraction of sp³-hybridized carbons (Fsp3) is 0.412. The zero-order valence-corrected chi connectivity index (χ0v) is 14.3. The molecule has 0 N–H and O–H groups in total. The molecule has 0 saturated carbocycles. The molecule has 0 bridgehead atoms. The van der Waals surface area contributed by atoms with Gasteiger partial charge >= 0.3 is 5.69 Å². The van der Waals surface area contributed by atoms with Crippen LogP contribution in [0.25, 0.3) is 0 Å². The van der Waals surface area contributed by atoms with E-state index < -0.39 is 4.92 Å². The minimum atomic E-state index is -0.514. The van der Waals surface area contributed by atoms with E-state index in [4.69, 9.17) is 0 Å². The number of hydrogen-bond acceptors (Lipinski definition) is 5. The first-order chi connectivity index (χ1) is 12.5. The molecule has 26 heavy (non-hydrogen) atoms. The molecule has 1 saturated heterocycles. The molecule has 3 rings (SSSR count). The van der Waals surface area contributed by atoms with E-state index in [0.29, 0.717) is 44.8 Å². The minimum Gasteiger partial charge on any atom is -0.340 e. The molecule has 2 aromatic rings. The van der Waals surface area contributed by atoms with Crippen LogP contribution < -0.4 is 0 Å². The largest absolute Gasteiger partial charge is 0.340 e. The number of amides is 1. The number of piperazine rings is 1. The minimum absolute atomic E-state index is 0.00584. The second-order valence-electron chi connectivity index (χ2n) is 6.22. The smallest absolute Gasteiger partial charge is 0.306 e. The van der Waals surface area contributed by atoms with E-state index in [1.165, 1.54) is 23.1 Å². The lowest BCUT2D eigenvalue weighted by molar-refractivity contribution is -0.385. The Balaban J connectivity index is 1.44. The molecule has 0 unspecified atom stereocenters. The quantitative estimate of drug-likeness (QED) is 0.577. The van der Waals surface area contributed by atoms with Gasteiger partial charge in [-0.1, -0.05) is 18.2 Å². The van der Waals surface area contributed by atoms with Crippen LogP contribution >= 0.6 is 0 Å². The van der Waals surface area contributed by atoms with Gasteiger partial charge in [-0.15, -0.1) is 0 Å². The van der Waals surface area contributed by atoms with Crippen molar-refractivity contribution in [1.82, 2.24) is 19.6 Å². The molecule has 1 aliphatic heterocycles. The molecular formula is C17H20FN5O3. The zero-order chi connectivity index (χ0) is 18.5. The van der Waals surface area contributed by atoms with Crippen molar-refractivity contribution in [3.63, 3.8) is 0 Å². The van der Waals surface area contributed by atoms with Crippen molar-refractivity contribution in [2.24, 2.45) is 0 Å². The summed E-state index contributed by atoms with van der Waals surface area (Å²) in [4.78, 5) is 26.3. The zero-order valence-electron chi connectivity index (χ0n) is 14.3. The Bertz CT molecular complexity index is 786. The summed E-state index contributed by atoms with van der Waals surface area (Å²) in [6.07, 6.45) is 2.73. The lowest BCUT2D eigenvalue weighted by Gasteiger charge is -2.34. The van der Waals surface area contributed by atoms with Crippen molar-refractivity contribution in [2.45, 2.75) is 19.5 Å². The molecule has 1 amide bonds. The first-order valence-electron chi connectivity index (χ1n) is 8.43. The molecule has 9 heteroatoms. The number of carbonyl (C=O) groups excluding carboxylic acids is 1.